The van der Waals surface area contributed by atoms with Gasteiger partial charge in [0.2, 0.25) is 6.54 Å². The minimum atomic E-state index is -0.196. The van der Waals surface area contributed by atoms with Crippen molar-refractivity contribution >= 4 is 5.97 Å². The number of nitrogens with zero attached hydrogens (tertiary/aromatic N) is 1. The zero-order valence-electron chi connectivity index (χ0n) is 8.37. The van der Waals surface area contributed by atoms with Gasteiger partial charge in [-0.3, -0.25) is 0 Å². The first kappa shape index (κ1) is 13.1. The lowest BCUT2D eigenvalue weighted by Crippen LogP contribution is -3.00. The molecule has 78 valence electrons. The van der Waals surface area contributed by atoms with Gasteiger partial charge in [-0.25, -0.2) is 4.79 Å². The van der Waals surface area contributed by atoms with Crippen LogP contribution in [0.3, 0.4) is 0 Å². The summed E-state index contributed by atoms with van der Waals surface area (Å²) in [7, 11) is 0. The predicted molar refractivity (Wildman–Crippen MR) is 48.0 cm³/mol. The molecule has 0 unspecified atom stereocenters. The summed E-state index contributed by atoms with van der Waals surface area (Å²) in [5.41, 5.74) is 1.13. The number of carbonyl (C=O) groups is 1. The van der Waals surface area contributed by atoms with Crippen LogP contribution in [0.5, 0.6) is 0 Å². The van der Waals surface area contributed by atoms with Gasteiger partial charge in [0.05, 0.1) is 6.61 Å². The van der Waals surface area contributed by atoms with E-state index in [1.807, 2.05) is 36.0 Å². The van der Waals surface area contributed by atoms with Crippen molar-refractivity contribution in [2.24, 2.45) is 0 Å². The van der Waals surface area contributed by atoms with Gasteiger partial charge in [0.25, 0.3) is 0 Å². The molecule has 0 spiro atoms. The second-order valence-corrected chi connectivity index (χ2v) is 2.86. The van der Waals surface area contributed by atoms with E-state index in [1.54, 1.807) is 6.92 Å². The molecule has 0 bridgehead atoms. The molecule has 0 aliphatic rings. The van der Waals surface area contributed by atoms with Crippen LogP contribution in [-0.2, 0) is 16.1 Å². The average Bonchev–Trinajstić information content (AvgIpc) is 2.04. The highest BCUT2D eigenvalue weighted by atomic mass is 79.9. The summed E-state index contributed by atoms with van der Waals surface area (Å²) in [5, 5.41) is 0. The van der Waals surface area contributed by atoms with E-state index in [-0.39, 0.29) is 29.5 Å². The van der Waals surface area contributed by atoms with Crippen LogP contribution in [0.15, 0.2) is 24.5 Å². The normalized spacial score (nSPS) is 9.00. The zero-order chi connectivity index (χ0) is 9.68. The minimum absolute atomic E-state index is 0. The maximum absolute atomic E-state index is 11.1. The molecule has 0 radical (unpaired) electrons. The Morgan fingerprint density at radius 2 is 2.29 bits per heavy atom. The lowest BCUT2D eigenvalue weighted by Gasteiger charge is -1.98. The Morgan fingerprint density at radius 1 is 1.57 bits per heavy atom. The molecule has 1 rings (SSSR count). The van der Waals surface area contributed by atoms with Crippen LogP contribution < -0.4 is 21.5 Å². The van der Waals surface area contributed by atoms with E-state index >= 15 is 0 Å². The smallest absolute Gasteiger partial charge is 0.372 e. The maximum atomic E-state index is 11.1. The lowest BCUT2D eigenvalue weighted by atomic mass is 10.3. The van der Waals surface area contributed by atoms with E-state index in [9.17, 15) is 4.79 Å². The van der Waals surface area contributed by atoms with Gasteiger partial charge in [-0.05, 0) is 19.9 Å². The summed E-state index contributed by atoms with van der Waals surface area (Å²) in [5.74, 6) is -0.196. The van der Waals surface area contributed by atoms with Gasteiger partial charge in [0, 0.05) is 11.6 Å². The third-order valence-electron chi connectivity index (χ3n) is 1.62. The van der Waals surface area contributed by atoms with Gasteiger partial charge < -0.3 is 21.7 Å². The summed E-state index contributed by atoms with van der Waals surface area (Å²) in [6.07, 6.45) is 3.76. The highest BCUT2D eigenvalue weighted by molar-refractivity contribution is 5.67. The number of hydrogen-bond donors (Lipinski definition) is 0. The molecule has 1 heterocycles. The molecule has 0 aromatic carbocycles. The van der Waals surface area contributed by atoms with Crippen LogP contribution >= 0.6 is 0 Å². The molecule has 1 aromatic rings. The molecule has 0 aliphatic carbocycles. The highest BCUT2D eigenvalue weighted by Crippen LogP contribution is 1.89. The van der Waals surface area contributed by atoms with Crippen molar-refractivity contribution in [2.75, 3.05) is 6.61 Å². The van der Waals surface area contributed by atoms with Gasteiger partial charge >= 0.3 is 5.97 Å². The van der Waals surface area contributed by atoms with Crippen molar-refractivity contribution in [1.29, 1.82) is 0 Å². The summed E-state index contributed by atoms with van der Waals surface area (Å²) in [4.78, 5) is 11.1. The molecule has 0 fully saturated rings. The number of carbonyl (C=O) groups excluding carboxylic acids is 1. The SMILES string of the molecule is CCOC(=O)C[n+]1cccc(C)c1.[Br-]. The third-order valence-corrected chi connectivity index (χ3v) is 1.62. The van der Waals surface area contributed by atoms with E-state index < -0.39 is 0 Å². The van der Waals surface area contributed by atoms with E-state index in [0.717, 1.165) is 5.56 Å². The maximum Gasteiger partial charge on any atom is 0.372 e. The lowest BCUT2D eigenvalue weighted by molar-refractivity contribution is -0.686. The molecular weight excluding hydrogens is 246 g/mol. The van der Waals surface area contributed by atoms with Crippen LogP contribution in [0.25, 0.3) is 0 Å². The first-order valence-electron chi connectivity index (χ1n) is 4.33. The van der Waals surface area contributed by atoms with Crippen LogP contribution in [-0.4, -0.2) is 12.6 Å². The first-order valence-corrected chi connectivity index (χ1v) is 4.33. The molecule has 0 saturated heterocycles. The van der Waals surface area contributed by atoms with Crippen molar-refractivity contribution in [3.05, 3.63) is 30.1 Å². The second-order valence-electron chi connectivity index (χ2n) is 2.86. The standard InChI is InChI=1S/C10H14NO2.BrH/c1-3-13-10(12)8-11-6-4-5-9(2)7-11;/h4-7H,3,8H2,1-2H3;1H/q+1;/p-1. The molecule has 0 aliphatic heterocycles. The monoisotopic (exact) mass is 259 g/mol. The second kappa shape index (κ2) is 6.54. The van der Waals surface area contributed by atoms with Crippen molar-refractivity contribution in [1.82, 2.24) is 0 Å². The summed E-state index contributed by atoms with van der Waals surface area (Å²) < 4.78 is 6.64. The van der Waals surface area contributed by atoms with Crippen molar-refractivity contribution in [2.45, 2.75) is 20.4 Å². The van der Waals surface area contributed by atoms with Gasteiger partial charge in [0.15, 0.2) is 12.4 Å². The van der Waals surface area contributed by atoms with Gasteiger partial charge in [0.1, 0.15) is 0 Å². The molecule has 0 saturated carbocycles. The van der Waals surface area contributed by atoms with Gasteiger partial charge in [-0.2, -0.15) is 4.57 Å². The number of esters is 1. The third kappa shape index (κ3) is 4.37. The Kier molecular flexibility index (Phi) is 6.12. The summed E-state index contributed by atoms with van der Waals surface area (Å²) in [6, 6.07) is 3.90. The summed E-state index contributed by atoms with van der Waals surface area (Å²) in [6.45, 7) is 4.52. The molecule has 14 heavy (non-hydrogen) atoms. The number of hydrogen-bond acceptors (Lipinski definition) is 2. The number of rotatable bonds is 3. The fraction of sp³-hybridized carbons (Fsp3) is 0.400. The van der Waals surface area contributed by atoms with Crippen molar-refractivity contribution < 1.29 is 31.1 Å². The number of ether oxygens (including phenoxy) is 1. The molecular formula is C10H14BrNO2. The van der Waals surface area contributed by atoms with Crippen LogP contribution in [0.1, 0.15) is 12.5 Å². The largest absolute Gasteiger partial charge is 1.00 e. The Hall–Kier alpha value is -0.900. The van der Waals surface area contributed by atoms with E-state index in [4.69, 9.17) is 4.74 Å². The minimum Gasteiger partial charge on any atom is -1.00 e. The van der Waals surface area contributed by atoms with Crippen molar-refractivity contribution in [3.8, 4) is 0 Å². The van der Waals surface area contributed by atoms with Crippen molar-refractivity contribution in [3.63, 3.8) is 0 Å². The van der Waals surface area contributed by atoms with E-state index in [0.29, 0.717) is 6.61 Å². The van der Waals surface area contributed by atoms with Crippen LogP contribution in [0.2, 0.25) is 0 Å². The van der Waals surface area contributed by atoms with Gasteiger partial charge in [-0.1, -0.05) is 0 Å². The Balaban J connectivity index is 0.00000169. The Bertz CT molecular complexity index is 302. The van der Waals surface area contributed by atoms with Gasteiger partial charge in [-0.15, -0.1) is 0 Å². The molecule has 0 atom stereocenters. The first-order chi connectivity index (χ1) is 6.22. The Morgan fingerprint density at radius 3 is 2.86 bits per heavy atom. The van der Waals surface area contributed by atoms with E-state index in [1.165, 1.54) is 0 Å². The van der Waals surface area contributed by atoms with Crippen LogP contribution in [0, 0.1) is 6.92 Å². The number of halogens is 1. The summed E-state index contributed by atoms with van der Waals surface area (Å²) >= 11 is 0. The molecule has 0 amide bonds. The zero-order valence-corrected chi connectivity index (χ0v) is 9.95. The predicted octanol–water partition coefficient (Wildman–Crippen LogP) is -2.15. The molecule has 1 aromatic heterocycles. The number of pyridine rings is 1. The molecule has 4 heteroatoms. The average molecular weight is 260 g/mol. The number of aryl methyl sites for hydroxylation is 1. The van der Waals surface area contributed by atoms with Crippen LogP contribution in [0.4, 0.5) is 0 Å². The highest BCUT2D eigenvalue weighted by Gasteiger charge is 2.08. The molecule has 0 N–H and O–H groups in total. The van der Waals surface area contributed by atoms with E-state index in [2.05, 4.69) is 0 Å². The number of aromatic nitrogens is 1. The fourth-order valence-corrected chi connectivity index (χ4v) is 1.11. The quantitative estimate of drug-likeness (QED) is 0.458. The molecule has 3 nitrogen and oxygen atoms in total. The Labute approximate surface area is 94.5 Å². The topological polar surface area (TPSA) is 30.2 Å². The fourth-order valence-electron chi connectivity index (χ4n) is 1.11.